The topological polar surface area (TPSA) is 49.3 Å². The standard InChI is InChI=1S/C13H19NO2/c1-3-10(2)7-13(16)14-9-11-5-4-6-12(15)8-11/h4-6,8,10,15H,3,7,9H2,1-2H3,(H,14,16). The molecule has 1 aromatic carbocycles. The van der Waals surface area contributed by atoms with E-state index in [4.69, 9.17) is 0 Å². The van der Waals surface area contributed by atoms with Gasteiger partial charge in [0.1, 0.15) is 5.75 Å². The Balaban J connectivity index is 2.37. The number of hydrogen-bond donors (Lipinski definition) is 2. The fourth-order valence-electron chi connectivity index (χ4n) is 1.40. The van der Waals surface area contributed by atoms with Crippen molar-refractivity contribution in [2.75, 3.05) is 0 Å². The molecule has 1 atom stereocenters. The molecule has 0 aliphatic carbocycles. The molecule has 88 valence electrons. The number of aromatic hydroxyl groups is 1. The highest BCUT2D eigenvalue weighted by molar-refractivity contribution is 5.76. The van der Waals surface area contributed by atoms with Gasteiger partial charge in [-0.3, -0.25) is 4.79 Å². The van der Waals surface area contributed by atoms with E-state index >= 15 is 0 Å². The minimum Gasteiger partial charge on any atom is -0.508 e. The van der Waals surface area contributed by atoms with Crippen molar-refractivity contribution in [3.8, 4) is 5.75 Å². The molecule has 0 aliphatic heterocycles. The van der Waals surface area contributed by atoms with Crippen LogP contribution in [0, 0.1) is 5.92 Å². The number of rotatable bonds is 5. The third-order valence-electron chi connectivity index (χ3n) is 2.63. The Morgan fingerprint density at radius 1 is 1.50 bits per heavy atom. The van der Waals surface area contributed by atoms with Gasteiger partial charge in [-0.05, 0) is 23.6 Å². The summed E-state index contributed by atoms with van der Waals surface area (Å²) < 4.78 is 0. The molecule has 0 saturated heterocycles. The molecule has 0 spiro atoms. The Kier molecular flexibility index (Phi) is 4.83. The summed E-state index contributed by atoms with van der Waals surface area (Å²) in [6.45, 7) is 4.62. The highest BCUT2D eigenvalue weighted by Crippen LogP contribution is 2.11. The third kappa shape index (κ3) is 4.34. The molecular formula is C13H19NO2. The van der Waals surface area contributed by atoms with Crippen LogP contribution in [0.5, 0.6) is 5.75 Å². The van der Waals surface area contributed by atoms with Crippen molar-refractivity contribution in [3.05, 3.63) is 29.8 Å². The van der Waals surface area contributed by atoms with E-state index in [1.165, 1.54) is 0 Å². The Hall–Kier alpha value is -1.51. The summed E-state index contributed by atoms with van der Waals surface area (Å²) in [6, 6.07) is 6.92. The Bertz CT molecular complexity index is 350. The second kappa shape index (κ2) is 6.16. The zero-order valence-corrected chi connectivity index (χ0v) is 9.86. The maximum absolute atomic E-state index is 11.5. The lowest BCUT2D eigenvalue weighted by Crippen LogP contribution is -2.24. The maximum Gasteiger partial charge on any atom is 0.220 e. The molecule has 1 amide bonds. The number of hydrogen-bond acceptors (Lipinski definition) is 2. The van der Waals surface area contributed by atoms with Crippen LogP contribution in [0.15, 0.2) is 24.3 Å². The van der Waals surface area contributed by atoms with Gasteiger partial charge >= 0.3 is 0 Å². The largest absolute Gasteiger partial charge is 0.508 e. The monoisotopic (exact) mass is 221 g/mol. The van der Waals surface area contributed by atoms with Gasteiger partial charge in [0.2, 0.25) is 5.91 Å². The minimum atomic E-state index is 0.0673. The SMILES string of the molecule is CCC(C)CC(=O)NCc1cccc(O)c1. The van der Waals surface area contributed by atoms with E-state index in [9.17, 15) is 9.90 Å². The lowest BCUT2D eigenvalue weighted by Gasteiger charge is -2.09. The lowest BCUT2D eigenvalue weighted by molar-refractivity contribution is -0.122. The van der Waals surface area contributed by atoms with Gasteiger partial charge in [0.05, 0.1) is 0 Å². The first kappa shape index (κ1) is 12.6. The summed E-state index contributed by atoms with van der Waals surface area (Å²) in [5, 5.41) is 12.1. The minimum absolute atomic E-state index is 0.0673. The number of phenolic OH excluding ortho intramolecular Hbond substituents is 1. The van der Waals surface area contributed by atoms with Crippen molar-refractivity contribution in [1.82, 2.24) is 5.32 Å². The number of phenols is 1. The predicted molar refractivity (Wildman–Crippen MR) is 64.0 cm³/mol. The summed E-state index contributed by atoms with van der Waals surface area (Å²) in [5.41, 5.74) is 0.914. The van der Waals surface area contributed by atoms with Crippen LogP contribution in [-0.4, -0.2) is 11.0 Å². The molecule has 0 bridgehead atoms. The van der Waals surface area contributed by atoms with Crippen molar-refractivity contribution in [2.45, 2.75) is 33.2 Å². The third-order valence-corrected chi connectivity index (χ3v) is 2.63. The molecule has 0 fully saturated rings. The number of nitrogens with one attached hydrogen (secondary N) is 1. The van der Waals surface area contributed by atoms with Crippen molar-refractivity contribution in [2.24, 2.45) is 5.92 Å². The van der Waals surface area contributed by atoms with Gasteiger partial charge in [0, 0.05) is 13.0 Å². The van der Waals surface area contributed by atoms with Crippen molar-refractivity contribution in [3.63, 3.8) is 0 Å². The van der Waals surface area contributed by atoms with Gasteiger partial charge in [-0.1, -0.05) is 32.4 Å². The molecule has 1 unspecified atom stereocenters. The molecule has 0 aliphatic rings. The van der Waals surface area contributed by atoms with Gasteiger partial charge in [-0.15, -0.1) is 0 Å². The van der Waals surface area contributed by atoms with E-state index in [1.54, 1.807) is 18.2 Å². The van der Waals surface area contributed by atoms with Crippen LogP contribution in [0.3, 0.4) is 0 Å². The molecule has 16 heavy (non-hydrogen) atoms. The second-order valence-corrected chi connectivity index (χ2v) is 4.16. The first-order chi connectivity index (χ1) is 7.61. The highest BCUT2D eigenvalue weighted by atomic mass is 16.3. The van der Waals surface area contributed by atoms with Crippen LogP contribution < -0.4 is 5.32 Å². The molecule has 2 N–H and O–H groups in total. The normalized spacial score (nSPS) is 12.1. The van der Waals surface area contributed by atoms with Gasteiger partial charge < -0.3 is 10.4 Å². The van der Waals surface area contributed by atoms with E-state index in [-0.39, 0.29) is 11.7 Å². The number of amides is 1. The molecular weight excluding hydrogens is 202 g/mol. The summed E-state index contributed by atoms with van der Waals surface area (Å²) in [6.07, 6.45) is 1.58. The van der Waals surface area contributed by atoms with Crippen LogP contribution >= 0.6 is 0 Å². The van der Waals surface area contributed by atoms with Gasteiger partial charge in [0.25, 0.3) is 0 Å². The van der Waals surface area contributed by atoms with Crippen LogP contribution in [0.1, 0.15) is 32.3 Å². The van der Waals surface area contributed by atoms with Crippen molar-refractivity contribution >= 4 is 5.91 Å². The number of carbonyl (C=O) groups is 1. The zero-order chi connectivity index (χ0) is 12.0. The molecule has 1 rings (SSSR count). The maximum atomic E-state index is 11.5. The van der Waals surface area contributed by atoms with Crippen LogP contribution in [0.4, 0.5) is 0 Å². The molecule has 0 radical (unpaired) electrons. The molecule has 1 aromatic rings. The Morgan fingerprint density at radius 3 is 2.88 bits per heavy atom. The predicted octanol–water partition coefficient (Wildman–Crippen LogP) is 2.44. The molecule has 3 nitrogen and oxygen atoms in total. The van der Waals surface area contributed by atoms with E-state index in [2.05, 4.69) is 19.2 Å². The van der Waals surface area contributed by atoms with E-state index < -0.39 is 0 Å². The van der Waals surface area contributed by atoms with E-state index in [1.807, 2.05) is 6.07 Å². The summed E-state index contributed by atoms with van der Waals surface area (Å²) in [4.78, 5) is 11.5. The first-order valence-electron chi connectivity index (χ1n) is 5.66. The van der Waals surface area contributed by atoms with Gasteiger partial charge in [-0.2, -0.15) is 0 Å². The highest BCUT2D eigenvalue weighted by Gasteiger charge is 2.06. The zero-order valence-electron chi connectivity index (χ0n) is 9.86. The Labute approximate surface area is 96.5 Å². The summed E-state index contributed by atoms with van der Waals surface area (Å²) in [5.74, 6) is 0.718. The molecule has 0 heterocycles. The summed E-state index contributed by atoms with van der Waals surface area (Å²) >= 11 is 0. The number of carbonyl (C=O) groups excluding carboxylic acids is 1. The average Bonchev–Trinajstić information content (AvgIpc) is 2.26. The van der Waals surface area contributed by atoms with Crippen LogP contribution in [-0.2, 0) is 11.3 Å². The fourth-order valence-corrected chi connectivity index (χ4v) is 1.40. The van der Waals surface area contributed by atoms with Gasteiger partial charge in [0.15, 0.2) is 0 Å². The van der Waals surface area contributed by atoms with Crippen LogP contribution in [0.2, 0.25) is 0 Å². The number of benzene rings is 1. The fraction of sp³-hybridized carbons (Fsp3) is 0.462. The van der Waals surface area contributed by atoms with Crippen molar-refractivity contribution in [1.29, 1.82) is 0 Å². The quantitative estimate of drug-likeness (QED) is 0.802. The van der Waals surface area contributed by atoms with Crippen molar-refractivity contribution < 1.29 is 9.90 Å². The van der Waals surface area contributed by atoms with E-state index in [0.717, 1.165) is 12.0 Å². The van der Waals surface area contributed by atoms with Gasteiger partial charge in [-0.25, -0.2) is 0 Å². The smallest absolute Gasteiger partial charge is 0.220 e. The second-order valence-electron chi connectivity index (χ2n) is 4.16. The average molecular weight is 221 g/mol. The molecule has 0 saturated carbocycles. The van der Waals surface area contributed by atoms with Crippen LogP contribution in [0.25, 0.3) is 0 Å². The lowest BCUT2D eigenvalue weighted by atomic mass is 10.1. The molecule has 0 aromatic heterocycles. The molecule has 3 heteroatoms. The summed E-state index contributed by atoms with van der Waals surface area (Å²) in [7, 11) is 0. The first-order valence-corrected chi connectivity index (χ1v) is 5.66. The Morgan fingerprint density at radius 2 is 2.25 bits per heavy atom. The van der Waals surface area contributed by atoms with E-state index in [0.29, 0.717) is 18.9 Å².